The third kappa shape index (κ3) is 7.01. The smallest absolute Gasteiger partial charge is 0.344 e. The molecule has 0 spiro atoms. The molecule has 1 N–H and O–H groups in total. The van der Waals surface area contributed by atoms with Crippen LogP contribution < -0.4 is 14.4 Å². The first kappa shape index (κ1) is 31.0. The molecule has 0 bridgehead atoms. The van der Waals surface area contributed by atoms with Gasteiger partial charge in [0.25, 0.3) is 15.9 Å². The van der Waals surface area contributed by atoms with Gasteiger partial charge in [-0.3, -0.25) is 9.10 Å². The summed E-state index contributed by atoms with van der Waals surface area (Å²) in [6, 6.07) is 24.4. The number of anilines is 2. The fourth-order valence-electron chi connectivity index (χ4n) is 4.69. The lowest BCUT2D eigenvalue weighted by Gasteiger charge is -2.20. The van der Waals surface area contributed by atoms with Crippen molar-refractivity contribution in [3.05, 3.63) is 91.0 Å². The number of hydrogen-bond acceptors (Lipinski definition) is 8. The van der Waals surface area contributed by atoms with E-state index in [1.54, 1.807) is 30.3 Å². The van der Waals surface area contributed by atoms with Crippen molar-refractivity contribution in [3.63, 3.8) is 0 Å². The highest BCUT2D eigenvalue weighted by molar-refractivity contribution is 7.92. The predicted octanol–water partition coefficient (Wildman–Crippen LogP) is 4.01. The number of nitrogens with one attached hydrogen (secondary N) is 1. The largest absolute Gasteiger partial charge is 0.482 e. The highest BCUT2D eigenvalue weighted by atomic mass is 32.2. The van der Waals surface area contributed by atoms with Gasteiger partial charge in [-0.2, -0.15) is 4.31 Å². The van der Waals surface area contributed by atoms with Crippen molar-refractivity contribution in [2.75, 3.05) is 43.0 Å². The van der Waals surface area contributed by atoms with Crippen LogP contribution in [0.4, 0.5) is 11.4 Å². The number of esters is 1. The van der Waals surface area contributed by atoms with Crippen molar-refractivity contribution < 1.29 is 35.9 Å². The SMILES string of the molecule is CN(c1ccc(OCC(=O)OCC(=O)Nc2ccc(S(=O)(=O)N3CCCC3)cc2)cc1)S(=O)(=O)c1ccc2ccccc2c1. The van der Waals surface area contributed by atoms with Gasteiger partial charge in [0.2, 0.25) is 10.0 Å². The quantitative estimate of drug-likeness (QED) is 0.244. The van der Waals surface area contributed by atoms with E-state index in [4.69, 9.17) is 9.47 Å². The van der Waals surface area contributed by atoms with E-state index in [0.29, 0.717) is 30.2 Å². The van der Waals surface area contributed by atoms with Crippen LogP contribution in [0.3, 0.4) is 0 Å². The number of carbonyl (C=O) groups is 2. The van der Waals surface area contributed by atoms with Gasteiger partial charge in [-0.1, -0.05) is 30.3 Å². The van der Waals surface area contributed by atoms with Gasteiger partial charge in [-0.25, -0.2) is 21.6 Å². The van der Waals surface area contributed by atoms with Gasteiger partial charge >= 0.3 is 5.97 Å². The van der Waals surface area contributed by atoms with E-state index in [1.165, 1.54) is 47.8 Å². The summed E-state index contributed by atoms with van der Waals surface area (Å²) in [6.07, 6.45) is 1.67. The van der Waals surface area contributed by atoms with Gasteiger partial charge in [0.05, 0.1) is 15.5 Å². The molecule has 4 aromatic rings. The van der Waals surface area contributed by atoms with E-state index in [-0.39, 0.29) is 9.79 Å². The molecule has 13 heteroatoms. The maximum absolute atomic E-state index is 13.2. The summed E-state index contributed by atoms with van der Waals surface area (Å²) < 4.78 is 64.6. The summed E-state index contributed by atoms with van der Waals surface area (Å²) in [7, 11) is -5.93. The molecule has 0 saturated carbocycles. The standard InChI is InChI=1S/C31H31N3O8S2/c1-33(43(37,38)29-15-8-23-6-2-3-7-24(23)20-29)26-11-13-27(14-12-26)41-22-31(36)42-21-30(35)32-25-9-16-28(17-10-25)44(39,40)34-18-4-5-19-34/h2-3,6-17,20H,4-5,18-19,21-22H2,1H3,(H,32,35). The van der Waals surface area contributed by atoms with E-state index in [9.17, 15) is 26.4 Å². The van der Waals surface area contributed by atoms with Crippen molar-refractivity contribution in [2.24, 2.45) is 0 Å². The van der Waals surface area contributed by atoms with Gasteiger partial charge in [-0.05, 0) is 84.3 Å². The monoisotopic (exact) mass is 637 g/mol. The van der Waals surface area contributed by atoms with Crippen LogP contribution in [-0.4, -0.2) is 66.4 Å². The molecular formula is C31H31N3O8S2. The topological polar surface area (TPSA) is 139 Å². The molecule has 0 unspecified atom stereocenters. The zero-order valence-corrected chi connectivity index (χ0v) is 25.5. The lowest BCUT2D eigenvalue weighted by atomic mass is 10.1. The number of ether oxygens (including phenoxy) is 2. The first-order valence-corrected chi connectivity index (χ1v) is 16.7. The molecule has 0 radical (unpaired) electrons. The Balaban J connectivity index is 1.08. The molecule has 0 aliphatic carbocycles. The van der Waals surface area contributed by atoms with Crippen LogP contribution in [0.5, 0.6) is 5.75 Å². The number of sulfonamides is 2. The summed E-state index contributed by atoms with van der Waals surface area (Å²) in [6.45, 7) is -0.0431. The third-order valence-corrected chi connectivity index (χ3v) is 10.8. The van der Waals surface area contributed by atoms with Crippen LogP contribution in [0, 0.1) is 0 Å². The highest BCUT2D eigenvalue weighted by Crippen LogP contribution is 2.27. The van der Waals surface area contributed by atoms with Gasteiger partial charge in [0, 0.05) is 25.8 Å². The summed E-state index contributed by atoms with van der Waals surface area (Å²) >= 11 is 0. The normalized spacial score (nSPS) is 13.8. The molecule has 230 valence electrons. The lowest BCUT2D eigenvalue weighted by molar-refractivity contribution is -0.149. The van der Waals surface area contributed by atoms with Gasteiger partial charge < -0.3 is 14.8 Å². The maximum atomic E-state index is 13.2. The van der Waals surface area contributed by atoms with Crippen molar-refractivity contribution in [2.45, 2.75) is 22.6 Å². The minimum atomic E-state index is -3.82. The van der Waals surface area contributed by atoms with Gasteiger partial charge in [-0.15, -0.1) is 0 Å². The molecule has 0 atom stereocenters. The minimum absolute atomic E-state index is 0.146. The van der Waals surface area contributed by atoms with Gasteiger partial charge in [0.1, 0.15) is 5.75 Å². The zero-order valence-electron chi connectivity index (χ0n) is 23.9. The van der Waals surface area contributed by atoms with Crippen LogP contribution in [0.2, 0.25) is 0 Å². The molecule has 1 heterocycles. The van der Waals surface area contributed by atoms with E-state index in [2.05, 4.69) is 5.32 Å². The second-order valence-corrected chi connectivity index (χ2v) is 14.0. The minimum Gasteiger partial charge on any atom is -0.482 e. The second kappa shape index (κ2) is 13.0. The van der Waals surface area contributed by atoms with Crippen molar-refractivity contribution in [1.29, 1.82) is 0 Å². The van der Waals surface area contributed by atoms with Crippen LogP contribution >= 0.6 is 0 Å². The summed E-state index contributed by atoms with van der Waals surface area (Å²) in [5.41, 5.74) is 0.752. The van der Waals surface area contributed by atoms with Crippen molar-refractivity contribution in [1.82, 2.24) is 4.31 Å². The molecule has 44 heavy (non-hydrogen) atoms. The maximum Gasteiger partial charge on any atom is 0.344 e. The molecule has 1 amide bonds. The van der Waals surface area contributed by atoms with Gasteiger partial charge in [0.15, 0.2) is 13.2 Å². The van der Waals surface area contributed by atoms with E-state index < -0.39 is 45.1 Å². The van der Waals surface area contributed by atoms with E-state index >= 15 is 0 Å². The Kier molecular flexibility index (Phi) is 9.18. The van der Waals surface area contributed by atoms with Crippen molar-refractivity contribution in [3.8, 4) is 5.75 Å². The summed E-state index contributed by atoms with van der Waals surface area (Å²) in [5.74, 6) is -1.09. The molecule has 1 aliphatic heterocycles. The lowest BCUT2D eigenvalue weighted by Crippen LogP contribution is -2.27. The fourth-order valence-corrected chi connectivity index (χ4v) is 7.44. The Morgan fingerprint density at radius 3 is 2.11 bits per heavy atom. The number of amides is 1. The van der Waals surface area contributed by atoms with E-state index in [0.717, 1.165) is 27.9 Å². The molecule has 5 rings (SSSR count). The Hall–Kier alpha value is -4.46. The first-order valence-electron chi connectivity index (χ1n) is 13.8. The van der Waals surface area contributed by atoms with Crippen LogP contribution in [0.1, 0.15) is 12.8 Å². The number of fused-ring (bicyclic) bond motifs is 1. The first-order chi connectivity index (χ1) is 21.0. The predicted molar refractivity (Wildman–Crippen MR) is 165 cm³/mol. The number of carbonyl (C=O) groups excluding carboxylic acids is 2. The highest BCUT2D eigenvalue weighted by Gasteiger charge is 2.27. The number of nitrogens with zero attached hydrogens (tertiary/aromatic N) is 2. The number of rotatable bonds is 11. The van der Waals surface area contributed by atoms with Crippen LogP contribution in [0.15, 0.2) is 101 Å². The van der Waals surface area contributed by atoms with E-state index in [1.807, 2.05) is 24.3 Å². The molecule has 1 aliphatic rings. The molecule has 1 fully saturated rings. The van der Waals surface area contributed by atoms with Crippen LogP contribution in [-0.2, 0) is 34.4 Å². The fraction of sp³-hybridized carbons (Fsp3) is 0.226. The zero-order chi connectivity index (χ0) is 31.3. The average molecular weight is 638 g/mol. The second-order valence-electron chi connectivity index (χ2n) is 10.1. The molecule has 11 nitrogen and oxygen atoms in total. The number of benzene rings is 4. The Bertz CT molecular complexity index is 1870. The van der Waals surface area contributed by atoms with Crippen LogP contribution in [0.25, 0.3) is 10.8 Å². The van der Waals surface area contributed by atoms with Crippen molar-refractivity contribution >= 4 is 54.1 Å². The molecule has 0 aromatic heterocycles. The summed E-state index contributed by atoms with van der Waals surface area (Å²) in [5, 5.41) is 4.30. The molecule has 1 saturated heterocycles. The molecular weight excluding hydrogens is 606 g/mol. The summed E-state index contributed by atoms with van der Waals surface area (Å²) in [4.78, 5) is 24.7. The molecule has 4 aromatic carbocycles. The third-order valence-electron chi connectivity index (χ3n) is 7.14. The Morgan fingerprint density at radius 2 is 1.43 bits per heavy atom. The number of hydrogen-bond donors (Lipinski definition) is 1. The Labute approximate surface area is 256 Å². The Morgan fingerprint density at radius 1 is 0.795 bits per heavy atom. The average Bonchev–Trinajstić information content (AvgIpc) is 3.59.